The van der Waals surface area contributed by atoms with Crippen molar-refractivity contribution >= 4 is 17.3 Å². The molecule has 1 saturated carbocycles. The summed E-state index contributed by atoms with van der Waals surface area (Å²) in [6.45, 7) is 5.41. The molecule has 1 fully saturated rings. The first-order chi connectivity index (χ1) is 10.2. The summed E-state index contributed by atoms with van der Waals surface area (Å²) in [6.07, 6.45) is 8.59. The van der Waals surface area contributed by atoms with E-state index in [4.69, 9.17) is 17.3 Å². The fraction of sp³-hybridized carbons (Fsp3) is 0.667. The number of hydrogen-bond donors (Lipinski definition) is 1. The van der Waals surface area contributed by atoms with Crippen molar-refractivity contribution in [1.82, 2.24) is 0 Å². The van der Waals surface area contributed by atoms with Crippen molar-refractivity contribution in [3.8, 4) is 0 Å². The van der Waals surface area contributed by atoms with Gasteiger partial charge in [-0.05, 0) is 50.3 Å². The quantitative estimate of drug-likeness (QED) is 0.819. The number of nitrogens with two attached hydrogens (primary N) is 1. The van der Waals surface area contributed by atoms with Crippen LogP contribution >= 0.6 is 11.6 Å². The van der Waals surface area contributed by atoms with Crippen LogP contribution in [-0.2, 0) is 6.42 Å². The molecule has 0 radical (unpaired) electrons. The lowest BCUT2D eigenvalue weighted by molar-refractivity contribution is 0.418. The minimum absolute atomic E-state index is 0.203. The minimum Gasteiger partial charge on any atom is -0.369 e. The molecule has 2 rings (SSSR count). The van der Waals surface area contributed by atoms with Gasteiger partial charge >= 0.3 is 0 Å². The van der Waals surface area contributed by atoms with Gasteiger partial charge in [-0.25, -0.2) is 0 Å². The molecule has 0 heterocycles. The molecule has 0 aliphatic heterocycles. The zero-order valence-electron chi connectivity index (χ0n) is 13.4. The van der Waals surface area contributed by atoms with E-state index in [1.165, 1.54) is 43.4 Å². The van der Waals surface area contributed by atoms with Gasteiger partial charge in [-0.15, -0.1) is 0 Å². The SMILES string of the molecule is CCC(N)Cc1ccc(N(CC)C2CCCCC2)cc1Cl. The summed E-state index contributed by atoms with van der Waals surface area (Å²) in [6, 6.07) is 7.41. The highest BCUT2D eigenvalue weighted by Gasteiger charge is 2.20. The van der Waals surface area contributed by atoms with Crippen LogP contribution in [0.15, 0.2) is 18.2 Å². The highest BCUT2D eigenvalue weighted by atomic mass is 35.5. The number of anilines is 1. The van der Waals surface area contributed by atoms with Gasteiger partial charge in [0.2, 0.25) is 0 Å². The van der Waals surface area contributed by atoms with E-state index in [2.05, 4.69) is 36.9 Å². The molecule has 1 aromatic carbocycles. The molecule has 3 heteroatoms. The maximum absolute atomic E-state index is 6.49. The molecule has 2 nitrogen and oxygen atoms in total. The first-order valence-corrected chi connectivity index (χ1v) is 8.84. The molecule has 0 aromatic heterocycles. The van der Waals surface area contributed by atoms with Crippen molar-refractivity contribution in [2.24, 2.45) is 5.73 Å². The Morgan fingerprint density at radius 2 is 1.95 bits per heavy atom. The third-order valence-corrected chi connectivity index (χ3v) is 5.08. The predicted octanol–water partition coefficient (Wildman–Crippen LogP) is 4.78. The molecular formula is C18H29ClN2. The Bertz CT molecular complexity index is 441. The second-order valence-electron chi connectivity index (χ2n) is 6.23. The summed E-state index contributed by atoms with van der Waals surface area (Å²) < 4.78 is 0. The van der Waals surface area contributed by atoms with Crippen LogP contribution < -0.4 is 10.6 Å². The molecule has 0 amide bonds. The van der Waals surface area contributed by atoms with E-state index >= 15 is 0 Å². The molecule has 1 aromatic rings. The van der Waals surface area contributed by atoms with E-state index in [1.807, 2.05) is 0 Å². The second-order valence-corrected chi connectivity index (χ2v) is 6.63. The Kier molecular flexibility index (Phi) is 6.38. The Labute approximate surface area is 134 Å². The summed E-state index contributed by atoms with van der Waals surface area (Å²) >= 11 is 6.49. The molecule has 1 aliphatic rings. The number of benzene rings is 1. The van der Waals surface area contributed by atoms with Crippen molar-refractivity contribution in [2.75, 3.05) is 11.4 Å². The van der Waals surface area contributed by atoms with Crippen LogP contribution in [0.3, 0.4) is 0 Å². The van der Waals surface area contributed by atoms with Crippen LogP contribution in [0.25, 0.3) is 0 Å². The maximum atomic E-state index is 6.49. The van der Waals surface area contributed by atoms with Gasteiger partial charge in [-0.2, -0.15) is 0 Å². The smallest absolute Gasteiger partial charge is 0.0459 e. The molecule has 1 atom stereocenters. The zero-order valence-corrected chi connectivity index (χ0v) is 14.2. The summed E-state index contributed by atoms with van der Waals surface area (Å²) in [5, 5.41) is 0.866. The molecular weight excluding hydrogens is 280 g/mol. The monoisotopic (exact) mass is 308 g/mol. The Balaban J connectivity index is 2.13. The Hall–Kier alpha value is -0.730. The molecule has 0 spiro atoms. The number of hydrogen-bond acceptors (Lipinski definition) is 2. The van der Waals surface area contributed by atoms with E-state index in [1.54, 1.807) is 0 Å². The first-order valence-electron chi connectivity index (χ1n) is 8.46. The van der Waals surface area contributed by atoms with Gasteiger partial charge in [0.25, 0.3) is 0 Å². The van der Waals surface area contributed by atoms with E-state index in [-0.39, 0.29) is 6.04 Å². The fourth-order valence-corrected chi connectivity index (χ4v) is 3.60. The zero-order chi connectivity index (χ0) is 15.2. The standard InChI is InChI=1S/C18H29ClN2/c1-3-15(20)12-14-10-11-17(13-18(14)19)21(4-2)16-8-6-5-7-9-16/h10-11,13,15-16H,3-9,12,20H2,1-2H3. The largest absolute Gasteiger partial charge is 0.369 e. The van der Waals surface area contributed by atoms with Crippen molar-refractivity contribution in [3.63, 3.8) is 0 Å². The highest BCUT2D eigenvalue weighted by Crippen LogP contribution is 2.30. The van der Waals surface area contributed by atoms with Crippen molar-refractivity contribution in [1.29, 1.82) is 0 Å². The Morgan fingerprint density at radius 3 is 2.52 bits per heavy atom. The molecule has 0 bridgehead atoms. The third kappa shape index (κ3) is 4.37. The van der Waals surface area contributed by atoms with Gasteiger partial charge in [-0.1, -0.05) is 43.9 Å². The molecule has 21 heavy (non-hydrogen) atoms. The van der Waals surface area contributed by atoms with Gasteiger partial charge in [0.15, 0.2) is 0 Å². The van der Waals surface area contributed by atoms with Crippen molar-refractivity contribution in [3.05, 3.63) is 28.8 Å². The lowest BCUT2D eigenvalue weighted by atomic mass is 9.93. The Morgan fingerprint density at radius 1 is 1.24 bits per heavy atom. The second kappa shape index (κ2) is 8.05. The summed E-state index contributed by atoms with van der Waals surface area (Å²) in [4.78, 5) is 2.52. The number of halogens is 1. The summed E-state index contributed by atoms with van der Waals surface area (Å²) in [5.41, 5.74) is 8.49. The normalized spacial score (nSPS) is 17.7. The van der Waals surface area contributed by atoms with Crippen LogP contribution in [0.4, 0.5) is 5.69 Å². The lowest BCUT2D eigenvalue weighted by Gasteiger charge is -2.35. The van der Waals surface area contributed by atoms with Crippen LogP contribution in [0, 0.1) is 0 Å². The summed E-state index contributed by atoms with van der Waals surface area (Å²) in [7, 11) is 0. The van der Waals surface area contributed by atoms with Gasteiger partial charge in [-0.3, -0.25) is 0 Å². The first kappa shape index (κ1) is 16.6. The van der Waals surface area contributed by atoms with Crippen LogP contribution in [-0.4, -0.2) is 18.6 Å². The highest BCUT2D eigenvalue weighted by molar-refractivity contribution is 6.31. The molecule has 1 unspecified atom stereocenters. The van der Waals surface area contributed by atoms with E-state index in [9.17, 15) is 0 Å². The van der Waals surface area contributed by atoms with Crippen molar-refractivity contribution < 1.29 is 0 Å². The number of rotatable bonds is 6. The average molecular weight is 309 g/mol. The van der Waals surface area contributed by atoms with Gasteiger partial charge in [0, 0.05) is 29.3 Å². The minimum atomic E-state index is 0.203. The van der Waals surface area contributed by atoms with Gasteiger partial charge in [0.1, 0.15) is 0 Å². The fourth-order valence-electron chi connectivity index (χ4n) is 3.35. The van der Waals surface area contributed by atoms with E-state index in [0.717, 1.165) is 24.4 Å². The van der Waals surface area contributed by atoms with Gasteiger partial charge < -0.3 is 10.6 Å². The number of nitrogens with zero attached hydrogens (tertiary/aromatic N) is 1. The molecule has 0 saturated heterocycles. The van der Waals surface area contributed by atoms with Gasteiger partial charge in [0.05, 0.1) is 0 Å². The van der Waals surface area contributed by atoms with E-state index in [0.29, 0.717) is 6.04 Å². The molecule has 1 aliphatic carbocycles. The summed E-state index contributed by atoms with van der Waals surface area (Å²) in [5.74, 6) is 0. The average Bonchev–Trinajstić information content (AvgIpc) is 2.51. The van der Waals surface area contributed by atoms with Crippen molar-refractivity contribution in [2.45, 2.75) is 70.9 Å². The topological polar surface area (TPSA) is 29.3 Å². The molecule has 2 N–H and O–H groups in total. The van der Waals surface area contributed by atoms with Crippen LogP contribution in [0.5, 0.6) is 0 Å². The van der Waals surface area contributed by atoms with E-state index < -0.39 is 0 Å². The predicted molar refractivity (Wildman–Crippen MR) is 93.3 cm³/mol. The third-order valence-electron chi connectivity index (χ3n) is 4.73. The lowest BCUT2D eigenvalue weighted by Crippen LogP contribution is -2.36. The maximum Gasteiger partial charge on any atom is 0.0459 e. The van der Waals surface area contributed by atoms with Crippen LogP contribution in [0.1, 0.15) is 57.9 Å². The molecule has 118 valence electrons. The van der Waals surface area contributed by atoms with Crippen LogP contribution in [0.2, 0.25) is 5.02 Å².